The quantitative estimate of drug-likeness (QED) is 0.684. The Morgan fingerprint density at radius 3 is 3.00 bits per heavy atom. The molecule has 0 spiro atoms. The minimum Gasteiger partial charge on any atom is -0.392 e. The van der Waals surface area contributed by atoms with Gasteiger partial charge < -0.3 is 5.11 Å². The third kappa shape index (κ3) is 3.12. The predicted molar refractivity (Wildman–Crippen MR) is 49.5 cm³/mol. The maximum atomic E-state index is 8.43. The molecule has 1 aromatic rings. The lowest BCUT2D eigenvalue weighted by Gasteiger charge is -1.87. The van der Waals surface area contributed by atoms with Gasteiger partial charge in [0.05, 0.1) is 6.61 Å². The highest BCUT2D eigenvalue weighted by molar-refractivity contribution is 5.49. The van der Waals surface area contributed by atoms with Crippen molar-refractivity contribution in [1.82, 2.24) is 4.98 Å². The first-order chi connectivity index (χ1) is 5.93. The molecule has 0 saturated heterocycles. The Labute approximate surface area is 71.9 Å². The van der Waals surface area contributed by atoms with Crippen molar-refractivity contribution >= 4 is 6.08 Å². The molecule has 0 radical (unpaired) electrons. The summed E-state index contributed by atoms with van der Waals surface area (Å²) in [4.78, 5) is 3.96. The summed E-state index contributed by atoms with van der Waals surface area (Å²) in [5.74, 6) is 0. The number of nitrogens with zero attached hydrogens (tertiary/aromatic N) is 1. The Hall–Kier alpha value is -1.41. The number of aliphatic hydroxyl groups is 1. The van der Waals surface area contributed by atoms with E-state index in [2.05, 4.69) is 4.98 Å². The fraction of sp³-hybridized carbons (Fsp3) is 0.100. The van der Waals surface area contributed by atoms with Gasteiger partial charge in [0.25, 0.3) is 0 Å². The van der Waals surface area contributed by atoms with Gasteiger partial charge in [0.1, 0.15) is 0 Å². The molecule has 2 heteroatoms. The normalized spacial score (nSPS) is 11.4. The summed E-state index contributed by atoms with van der Waals surface area (Å²) in [6.45, 7) is 0.0807. The minimum atomic E-state index is 0.0807. The summed E-state index contributed by atoms with van der Waals surface area (Å²) in [5, 5.41) is 8.43. The van der Waals surface area contributed by atoms with Gasteiger partial charge in [-0.25, -0.2) is 0 Å². The van der Waals surface area contributed by atoms with Gasteiger partial charge in [-0.1, -0.05) is 30.4 Å². The van der Waals surface area contributed by atoms with Gasteiger partial charge in [0.15, 0.2) is 0 Å². The number of aromatic nitrogens is 1. The molecular weight excluding hydrogens is 150 g/mol. The first kappa shape index (κ1) is 8.68. The smallest absolute Gasteiger partial charge is 0.0615 e. The van der Waals surface area contributed by atoms with Crippen molar-refractivity contribution in [2.24, 2.45) is 0 Å². The van der Waals surface area contributed by atoms with Gasteiger partial charge in [-0.05, 0) is 11.6 Å². The van der Waals surface area contributed by atoms with E-state index in [0.29, 0.717) is 0 Å². The zero-order valence-electron chi connectivity index (χ0n) is 6.72. The standard InChI is InChI=1S/C10H11NO/c12-8-3-1-2-5-10-6-4-7-11-9-10/h1-7,9,12H,8H2/b3-1+,5-2+. The van der Waals surface area contributed by atoms with Crippen molar-refractivity contribution in [2.75, 3.05) is 6.61 Å². The van der Waals surface area contributed by atoms with Crippen molar-refractivity contribution in [3.63, 3.8) is 0 Å². The largest absolute Gasteiger partial charge is 0.392 e. The number of allylic oxidation sites excluding steroid dienone is 2. The van der Waals surface area contributed by atoms with Gasteiger partial charge in [0, 0.05) is 12.4 Å². The zero-order valence-corrected chi connectivity index (χ0v) is 6.72. The number of hydrogen-bond acceptors (Lipinski definition) is 2. The highest BCUT2D eigenvalue weighted by Crippen LogP contribution is 1.97. The van der Waals surface area contributed by atoms with E-state index in [-0.39, 0.29) is 6.61 Å². The van der Waals surface area contributed by atoms with Crippen LogP contribution in [0.3, 0.4) is 0 Å². The summed E-state index contributed by atoms with van der Waals surface area (Å²) in [6, 6.07) is 3.85. The van der Waals surface area contributed by atoms with Crippen LogP contribution >= 0.6 is 0 Å². The third-order valence-electron chi connectivity index (χ3n) is 1.33. The molecule has 0 bridgehead atoms. The van der Waals surface area contributed by atoms with Crippen molar-refractivity contribution in [3.8, 4) is 0 Å². The molecule has 0 unspecified atom stereocenters. The molecule has 0 amide bonds. The first-order valence-electron chi connectivity index (χ1n) is 3.77. The molecule has 2 nitrogen and oxygen atoms in total. The van der Waals surface area contributed by atoms with Gasteiger partial charge in [-0.3, -0.25) is 4.98 Å². The third-order valence-corrected chi connectivity index (χ3v) is 1.33. The van der Waals surface area contributed by atoms with Crippen molar-refractivity contribution in [3.05, 3.63) is 48.3 Å². The SMILES string of the molecule is OC/C=C/C=C/c1cccnc1. The van der Waals surface area contributed by atoms with Crippen LogP contribution in [0.25, 0.3) is 6.08 Å². The lowest BCUT2D eigenvalue weighted by molar-refractivity contribution is 0.343. The summed E-state index contributed by atoms with van der Waals surface area (Å²) in [5.41, 5.74) is 1.06. The van der Waals surface area contributed by atoms with Crippen molar-refractivity contribution in [2.45, 2.75) is 0 Å². The lowest BCUT2D eigenvalue weighted by atomic mass is 10.2. The monoisotopic (exact) mass is 161 g/mol. The van der Waals surface area contributed by atoms with Crippen molar-refractivity contribution < 1.29 is 5.11 Å². The molecule has 1 heterocycles. The molecule has 0 aliphatic rings. The van der Waals surface area contributed by atoms with Crippen LogP contribution in [-0.4, -0.2) is 16.7 Å². The average Bonchev–Trinajstić information content (AvgIpc) is 2.14. The van der Waals surface area contributed by atoms with E-state index in [1.54, 1.807) is 24.5 Å². The van der Waals surface area contributed by atoms with E-state index in [9.17, 15) is 0 Å². The molecule has 1 N–H and O–H groups in total. The Bertz CT molecular complexity index is 264. The lowest BCUT2D eigenvalue weighted by Crippen LogP contribution is -1.72. The summed E-state index contributed by atoms with van der Waals surface area (Å²) < 4.78 is 0. The zero-order chi connectivity index (χ0) is 8.65. The maximum absolute atomic E-state index is 8.43. The van der Waals surface area contributed by atoms with Crippen LogP contribution in [-0.2, 0) is 0 Å². The molecule has 1 rings (SSSR count). The van der Waals surface area contributed by atoms with Gasteiger partial charge in [-0.15, -0.1) is 0 Å². The van der Waals surface area contributed by atoms with Gasteiger partial charge in [0.2, 0.25) is 0 Å². The summed E-state index contributed by atoms with van der Waals surface area (Å²) in [7, 11) is 0. The van der Waals surface area contributed by atoms with Crippen LogP contribution < -0.4 is 0 Å². The Morgan fingerprint density at radius 1 is 1.42 bits per heavy atom. The number of hydrogen-bond donors (Lipinski definition) is 1. The van der Waals surface area contributed by atoms with E-state index in [4.69, 9.17) is 5.11 Å². The summed E-state index contributed by atoms with van der Waals surface area (Å²) in [6.07, 6.45) is 10.8. The molecule has 0 aliphatic heterocycles. The topological polar surface area (TPSA) is 33.1 Å². The Balaban J connectivity index is 2.52. The molecule has 0 aliphatic carbocycles. The van der Waals surface area contributed by atoms with E-state index in [0.717, 1.165) is 5.56 Å². The first-order valence-corrected chi connectivity index (χ1v) is 3.77. The highest BCUT2D eigenvalue weighted by Gasteiger charge is 1.80. The van der Waals surface area contributed by atoms with Crippen LogP contribution in [0.1, 0.15) is 5.56 Å². The van der Waals surface area contributed by atoms with E-state index < -0.39 is 0 Å². The van der Waals surface area contributed by atoms with Crippen LogP contribution in [0.4, 0.5) is 0 Å². The second-order valence-electron chi connectivity index (χ2n) is 2.26. The number of rotatable bonds is 3. The van der Waals surface area contributed by atoms with Crippen molar-refractivity contribution in [1.29, 1.82) is 0 Å². The van der Waals surface area contributed by atoms with E-state index in [1.165, 1.54) is 0 Å². The molecule has 0 aromatic carbocycles. The van der Waals surface area contributed by atoms with Crippen LogP contribution in [0.2, 0.25) is 0 Å². The van der Waals surface area contributed by atoms with Crippen LogP contribution in [0, 0.1) is 0 Å². The highest BCUT2D eigenvalue weighted by atomic mass is 16.2. The Kier molecular flexibility index (Phi) is 3.81. The van der Waals surface area contributed by atoms with E-state index >= 15 is 0 Å². The van der Waals surface area contributed by atoms with Crippen LogP contribution in [0.15, 0.2) is 42.8 Å². The molecule has 0 fully saturated rings. The van der Waals surface area contributed by atoms with Gasteiger partial charge in [-0.2, -0.15) is 0 Å². The molecule has 12 heavy (non-hydrogen) atoms. The number of pyridine rings is 1. The molecular formula is C10H11NO. The fourth-order valence-corrected chi connectivity index (χ4v) is 0.781. The second kappa shape index (κ2) is 5.27. The molecule has 62 valence electrons. The number of aliphatic hydroxyl groups excluding tert-OH is 1. The van der Waals surface area contributed by atoms with E-state index in [1.807, 2.05) is 24.3 Å². The summed E-state index contributed by atoms with van der Waals surface area (Å²) >= 11 is 0. The average molecular weight is 161 g/mol. The Morgan fingerprint density at radius 2 is 2.33 bits per heavy atom. The predicted octanol–water partition coefficient (Wildman–Crippen LogP) is 1.64. The fourth-order valence-electron chi connectivity index (χ4n) is 0.781. The molecule has 0 saturated carbocycles. The molecule has 0 atom stereocenters. The maximum Gasteiger partial charge on any atom is 0.0615 e. The van der Waals surface area contributed by atoms with Crippen LogP contribution in [0.5, 0.6) is 0 Å². The second-order valence-corrected chi connectivity index (χ2v) is 2.26. The molecule has 1 aromatic heterocycles. The minimum absolute atomic E-state index is 0.0807. The van der Waals surface area contributed by atoms with Gasteiger partial charge >= 0.3 is 0 Å².